The Morgan fingerprint density at radius 2 is 2.24 bits per heavy atom. The Labute approximate surface area is 99.7 Å². The first-order valence-electron chi connectivity index (χ1n) is 5.86. The van der Waals surface area contributed by atoms with Crippen LogP contribution in [0.5, 0.6) is 0 Å². The quantitative estimate of drug-likeness (QED) is 0.864. The van der Waals surface area contributed by atoms with Gasteiger partial charge in [0.05, 0.1) is 5.69 Å². The number of pyridine rings is 1. The summed E-state index contributed by atoms with van der Waals surface area (Å²) in [5, 5.41) is 8.44. The Hall–Kier alpha value is -1.75. The van der Waals surface area contributed by atoms with Crippen LogP contribution in [-0.2, 0) is 6.54 Å². The van der Waals surface area contributed by atoms with Gasteiger partial charge in [0.15, 0.2) is 5.82 Å². The van der Waals surface area contributed by atoms with E-state index < -0.39 is 0 Å². The van der Waals surface area contributed by atoms with Crippen molar-refractivity contribution in [3.05, 3.63) is 29.8 Å². The molecule has 0 aliphatic heterocycles. The molecule has 17 heavy (non-hydrogen) atoms. The molecule has 0 aromatic carbocycles. The number of aromatic nitrogens is 4. The summed E-state index contributed by atoms with van der Waals surface area (Å²) in [6.07, 6.45) is 4.22. The van der Waals surface area contributed by atoms with Gasteiger partial charge in [0.2, 0.25) is 0 Å². The van der Waals surface area contributed by atoms with Gasteiger partial charge in [0.25, 0.3) is 0 Å². The Morgan fingerprint density at radius 3 is 2.94 bits per heavy atom. The number of aryl methyl sites for hydroxylation is 1. The lowest BCUT2D eigenvalue weighted by atomic mass is 10.2. The third-order valence-corrected chi connectivity index (χ3v) is 3.06. The number of nitrogens with two attached hydrogens (primary N) is 1. The van der Waals surface area contributed by atoms with Gasteiger partial charge in [-0.05, 0) is 31.9 Å². The van der Waals surface area contributed by atoms with Crippen LogP contribution in [0, 0.1) is 6.92 Å². The lowest BCUT2D eigenvalue weighted by Gasteiger charge is -2.07. The first-order valence-corrected chi connectivity index (χ1v) is 5.86. The maximum atomic E-state index is 5.61. The molecule has 0 amide bonds. The highest BCUT2D eigenvalue weighted by Crippen LogP contribution is 2.38. The van der Waals surface area contributed by atoms with Crippen molar-refractivity contribution in [1.82, 2.24) is 19.7 Å². The molecule has 2 aromatic heterocycles. The van der Waals surface area contributed by atoms with Crippen LogP contribution in [0.1, 0.15) is 30.4 Å². The molecule has 0 atom stereocenters. The standard InChI is InChI=1S/C12H15N5/c1-8-15-16-12(17(8)11-2-3-11)9-4-5-14-10(6-9)7-13/h4-6,11H,2-3,7,13H2,1H3. The van der Waals surface area contributed by atoms with E-state index in [1.807, 2.05) is 19.1 Å². The molecule has 0 saturated heterocycles. The van der Waals surface area contributed by atoms with E-state index >= 15 is 0 Å². The summed E-state index contributed by atoms with van der Waals surface area (Å²) in [5.74, 6) is 1.91. The average molecular weight is 229 g/mol. The Kier molecular flexibility index (Phi) is 2.40. The zero-order valence-corrected chi connectivity index (χ0v) is 9.80. The third-order valence-electron chi connectivity index (χ3n) is 3.06. The minimum absolute atomic E-state index is 0.449. The van der Waals surface area contributed by atoms with E-state index in [0.717, 1.165) is 22.9 Å². The maximum absolute atomic E-state index is 5.61. The maximum Gasteiger partial charge on any atom is 0.164 e. The van der Waals surface area contributed by atoms with Crippen LogP contribution in [0.25, 0.3) is 11.4 Å². The molecule has 0 unspecified atom stereocenters. The van der Waals surface area contributed by atoms with Gasteiger partial charge in [-0.3, -0.25) is 4.98 Å². The first-order chi connectivity index (χ1) is 8.29. The third kappa shape index (κ3) is 1.82. The molecule has 1 saturated carbocycles. The number of hydrogen-bond acceptors (Lipinski definition) is 4. The van der Waals surface area contributed by atoms with Gasteiger partial charge in [-0.1, -0.05) is 0 Å². The Bertz CT molecular complexity index is 542. The van der Waals surface area contributed by atoms with Crippen LogP contribution in [0.15, 0.2) is 18.3 Å². The van der Waals surface area contributed by atoms with Crippen LogP contribution in [0.4, 0.5) is 0 Å². The second-order valence-electron chi connectivity index (χ2n) is 4.41. The molecule has 1 aliphatic carbocycles. The van der Waals surface area contributed by atoms with E-state index in [4.69, 9.17) is 5.73 Å². The summed E-state index contributed by atoms with van der Waals surface area (Å²) in [5.41, 5.74) is 7.54. The highest BCUT2D eigenvalue weighted by molar-refractivity contribution is 5.55. The molecule has 88 valence electrons. The first kappa shape index (κ1) is 10.4. The number of rotatable bonds is 3. The monoisotopic (exact) mass is 229 g/mol. The van der Waals surface area contributed by atoms with Gasteiger partial charge in [0, 0.05) is 24.3 Å². The minimum Gasteiger partial charge on any atom is -0.325 e. The summed E-state index contributed by atoms with van der Waals surface area (Å²) < 4.78 is 2.22. The molecule has 1 aliphatic rings. The fraction of sp³-hybridized carbons (Fsp3) is 0.417. The predicted octanol–water partition coefficient (Wildman–Crippen LogP) is 1.44. The lowest BCUT2D eigenvalue weighted by molar-refractivity contribution is 0.717. The molecule has 3 rings (SSSR count). The molecule has 5 nitrogen and oxygen atoms in total. The topological polar surface area (TPSA) is 69.6 Å². The van der Waals surface area contributed by atoms with Crippen LogP contribution < -0.4 is 5.73 Å². The van der Waals surface area contributed by atoms with E-state index in [1.165, 1.54) is 12.8 Å². The summed E-state index contributed by atoms with van der Waals surface area (Å²) >= 11 is 0. The minimum atomic E-state index is 0.449. The summed E-state index contributed by atoms with van der Waals surface area (Å²) in [7, 11) is 0. The van der Waals surface area contributed by atoms with E-state index in [-0.39, 0.29) is 0 Å². The fourth-order valence-electron chi connectivity index (χ4n) is 2.06. The Balaban J connectivity index is 2.08. The predicted molar refractivity (Wildman–Crippen MR) is 64.2 cm³/mol. The fourth-order valence-corrected chi connectivity index (χ4v) is 2.06. The van der Waals surface area contributed by atoms with Crippen molar-refractivity contribution < 1.29 is 0 Å². The summed E-state index contributed by atoms with van der Waals surface area (Å²) in [6.45, 7) is 2.45. The largest absolute Gasteiger partial charge is 0.325 e. The molecule has 0 spiro atoms. The molecule has 2 heterocycles. The molecule has 2 aromatic rings. The molecule has 0 bridgehead atoms. The van der Waals surface area contributed by atoms with Crippen LogP contribution in [-0.4, -0.2) is 19.7 Å². The van der Waals surface area contributed by atoms with Crippen molar-refractivity contribution in [3.8, 4) is 11.4 Å². The van der Waals surface area contributed by atoms with Gasteiger partial charge in [-0.25, -0.2) is 0 Å². The van der Waals surface area contributed by atoms with Gasteiger partial charge in [-0.2, -0.15) is 0 Å². The average Bonchev–Trinajstić information content (AvgIpc) is 3.12. The molecular weight excluding hydrogens is 214 g/mol. The molecule has 1 fully saturated rings. The SMILES string of the molecule is Cc1nnc(-c2ccnc(CN)c2)n1C1CC1. The summed E-state index contributed by atoms with van der Waals surface area (Å²) in [4.78, 5) is 4.20. The molecule has 0 radical (unpaired) electrons. The van der Waals surface area contributed by atoms with E-state index in [0.29, 0.717) is 12.6 Å². The molecule has 5 heteroatoms. The molecular formula is C12H15N5. The van der Waals surface area contributed by atoms with Crippen molar-refractivity contribution in [1.29, 1.82) is 0 Å². The van der Waals surface area contributed by atoms with Crippen LogP contribution in [0.3, 0.4) is 0 Å². The van der Waals surface area contributed by atoms with Crippen molar-refractivity contribution in [2.45, 2.75) is 32.4 Å². The zero-order valence-electron chi connectivity index (χ0n) is 9.80. The second kappa shape index (κ2) is 3.92. The van der Waals surface area contributed by atoms with Crippen LogP contribution in [0.2, 0.25) is 0 Å². The second-order valence-corrected chi connectivity index (χ2v) is 4.41. The molecule has 2 N–H and O–H groups in total. The van der Waals surface area contributed by atoms with Crippen LogP contribution >= 0.6 is 0 Å². The normalized spacial score (nSPS) is 15.2. The van der Waals surface area contributed by atoms with E-state index in [9.17, 15) is 0 Å². The van der Waals surface area contributed by atoms with E-state index in [1.54, 1.807) is 6.20 Å². The van der Waals surface area contributed by atoms with Crippen molar-refractivity contribution in [3.63, 3.8) is 0 Å². The van der Waals surface area contributed by atoms with Gasteiger partial charge in [-0.15, -0.1) is 10.2 Å². The summed E-state index contributed by atoms with van der Waals surface area (Å²) in [6, 6.07) is 4.53. The number of hydrogen-bond donors (Lipinski definition) is 1. The van der Waals surface area contributed by atoms with Crippen molar-refractivity contribution in [2.24, 2.45) is 5.73 Å². The van der Waals surface area contributed by atoms with Crippen molar-refractivity contribution >= 4 is 0 Å². The van der Waals surface area contributed by atoms with E-state index in [2.05, 4.69) is 19.7 Å². The lowest BCUT2D eigenvalue weighted by Crippen LogP contribution is -2.02. The Morgan fingerprint density at radius 1 is 1.41 bits per heavy atom. The zero-order chi connectivity index (χ0) is 11.8. The van der Waals surface area contributed by atoms with Gasteiger partial charge < -0.3 is 10.3 Å². The van der Waals surface area contributed by atoms with Gasteiger partial charge in [0.1, 0.15) is 5.82 Å². The highest BCUT2D eigenvalue weighted by atomic mass is 15.3. The smallest absolute Gasteiger partial charge is 0.164 e. The van der Waals surface area contributed by atoms with Gasteiger partial charge >= 0.3 is 0 Å². The number of nitrogens with zero attached hydrogens (tertiary/aromatic N) is 4. The highest BCUT2D eigenvalue weighted by Gasteiger charge is 2.28. The van der Waals surface area contributed by atoms with Crippen molar-refractivity contribution in [2.75, 3.05) is 0 Å².